The minimum Gasteiger partial charge on any atom is -0.381 e. The third kappa shape index (κ3) is 3.64. The predicted molar refractivity (Wildman–Crippen MR) is 65.8 cm³/mol. The summed E-state index contributed by atoms with van der Waals surface area (Å²) in [5, 5.41) is 0. The molecule has 2 heterocycles. The van der Waals surface area contributed by atoms with E-state index in [9.17, 15) is 8.42 Å². The van der Waals surface area contributed by atoms with Crippen molar-refractivity contribution in [2.45, 2.75) is 26.2 Å². The van der Waals surface area contributed by atoms with E-state index in [1.165, 1.54) is 0 Å². The van der Waals surface area contributed by atoms with Gasteiger partial charge in [0, 0.05) is 26.2 Å². The first-order chi connectivity index (χ1) is 8.08. The van der Waals surface area contributed by atoms with Gasteiger partial charge in [0.05, 0.1) is 6.61 Å². The molecule has 0 aromatic heterocycles. The van der Waals surface area contributed by atoms with Gasteiger partial charge in [0.15, 0.2) is 0 Å². The number of ether oxygens (including phenoxy) is 1. The summed E-state index contributed by atoms with van der Waals surface area (Å²) in [7, 11) is -3.27. The van der Waals surface area contributed by atoms with Crippen LogP contribution in [0.25, 0.3) is 0 Å². The van der Waals surface area contributed by atoms with E-state index >= 15 is 0 Å². The van der Waals surface area contributed by atoms with E-state index in [1.807, 2.05) is 0 Å². The monoisotopic (exact) mass is 262 g/mol. The molecule has 0 amide bonds. The van der Waals surface area contributed by atoms with E-state index in [4.69, 9.17) is 4.74 Å². The van der Waals surface area contributed by atoms with Crippen molar-refractivity contribution < 1.29 is 13.2 Å². The summed E-state index contributed by atoms with van der Waals surface area (Å²) in [6, 6.07) is 0. The van der Waals surface area contributed by atoms with Crippen molar-refractivity contribution in [3.63, 3.8) is 0 Å². The summed E-state index contributed by atoms with van der Waals surface area (Å²) in [5.74, 6) is 0.984. The van der Waals surface area contributed by atoms with Gasteiger partial charge in [-0.1, -0.05) is 6.92 Å². The molecule has 0 saturated carbocycles. The van der Waals surface area contributed by atoms with E-state index in [1.54, 1.807) is 4.31 Å². The summed E-state index contributed by atoms with van der Waals surface area (Å²) >= 11 is 0. The smallest absolute Gasteiger partial charge is 0.279 e. The van der Waals surface area contributed by atoms with Gasteiger partial charge in [0.25, 0.3) is 10.2 Å². The maximum Gasteiger partial charge on any atom is 0.279 e. The number of hydrogen-bond donors (Lipinski definition) is 1. The molecule has 5 nitrogen and oxygen atoms in total. The number of hydrogen-bond acceptors (Lipinski definition) is 3. The van der Waals surface area contributed by atoms with E-state index < -0.39 is 10.2 Å². The van der Waals surface area contributed by atoms with Crippen LogP contribution in [0.3, 0.4) is 0 Å². The van der Waals surface area contributed by atoms with Gasteiger partial charge >= 0.3 is 0 Å². The van der Waals surface area contributed by atoms with Crippen molar-refractivity contribution in [3.05, 3.63) is 0 Å². The molecule has 2 fully saturated rings. The van der Waals surface area contributed by atoms with E-state index in [0.29, 0.717) is 38.1 Å². The molecule has 0 spiro atoms. The highest BCUT2D eigenvalue weighted by atomic mass is 32.2. The van der Waals surface area contributed by atoms with Crippen LogP contribution in [0.4, 0.5) is 0 Å². The SMILES string of the molecule is CC1CCN(S(=O)(=O)NC[C@H]2CCOC2)CC1. The molecule has 0 aliphatic carbocycles. The van der Waals surface area contributed by atoms with Crippen LogP contribution in [0.5, 0.6) is 0 Å². The minimum atomic E-state index is -3.27. The third-order valence-corrected chi connectivity index (χ3v) is 5.24. The highest BCUT2D eigenvalue weighted by Crippen LogP contribution is 2.18. The Kier molecular flexibility index (Phi) is 4.41. The fraction of sp³-hybridized carbons (Fsp3) is 1.00. The fourth-order valence-electron chi connectivity index (χ4n) is 2.28. The molecule has 1 atom stereocenters. The Balaban J connectivity index is 1.81. The Hall–Kier alpha value is -0.170. The van der Waals surface area contributed by atoms with Gasteiger partial charge in [-0.15, -0.1) is 0 Å². The second kappa shape index (κ2) is 5.65. The van der Waals surface area contributed by atoms with Crippen LogP contribution in [0.15, 0.2) is 0 Å². The summed E-state index contributed by atoms with van der Waals surface area (Å²) in [6.07, 6.45) is 2.89. The number of rotatable bonds is 4. The van der Waals surface area contributed by atoms with Crippen LogP contribution in [-0.4, -0.2) is 45.6 Å². The Labute approximate surface area is 104 Å². The van der Waals surface area contributed by atoms with Gasteiger partial charge in [-0.05, 0) is 31.1 Å². The van der Waals surface area contributed by atoms with Crippen LogP contribution in [0.2, 0.25) is 0 Å². The van der Waals surface area contributed by atoms with Gasteiger partial charge < -0.3 is 4.74 Å². The molecule has 2 aliphatic rings. The maximum atomic E-state index is 12.0. The number of nitrogens with one attached hydrogen (secondary N) is 1. The summed E-state index contributed by atoms with van der Waals surface area (Å²) in [6.45, 7) is 5.42. The van der Waals surface area contributed by atoms with Gasteiger partial charge in [0.1, 0.15) is 0 Å². The topological polar surface area (TPSA) is 58.6 Å². The highest BCUT2D eigenvalue weighted by molar-refractivity contribution is 7.87. The lowest BCUT2D eigenvalue weighted by atomic mass is 10.0. The van der Waals surface area contributed by atoms with Gasteiger partial charge in [-0.3, -0.25) is 0 Å². The summed E-state index contributed by atoms with van der Waals surface area (Å²) in [4.78, 5) is 0. The van der Waals surface area contributed by atoms with Crippen molar-refractivity contribution in [1.29, 1.82) is 0 Å². The Bertz CT molecular complexity index is 331. The molecular weight excluding hydrogens is 240 g/mol. The average molecular weight is 262 g/mol. The first kappa shape index (κ1) is 13.3. The molecule has 6 heteroatoms. The van der Waals surface area contributed by atoms with Crippen LogP contribution >= 0.6 is 0 Å². The van der Waals surface area contributed by atoms with Gasteiger partial charge in [-0.2, -0.15) is 12.7 Å². The lowest BCUT2D eigenvalue weighted by Gasteiger charge is -2.29. The molecule has 1 N–H and O–H groups in total. The molecule has 2 saturated heterocycles. The predicted octanol–water partition coefficient (Wildman–Crippen LogP) is 0.589. The minimum absolute atomic E-state index is 0.341. The second-order valence-corrected chi connectivity index (χ2v) is 6.92. The van der Waals surface area contributed by atoms with Crippen LogP contribution in [0.1, 0.15) is 26.2 Å². The molecule has 0 aromatic carbocycles. The van der Waals surface area contributed by atoms with Gasteiger partial charge in [-0.25, -0.2) is 4.72 Å². The van der Waals surface area contributed by atoms with E-state index in [-0.39, 0.29) is 0 Å². The summed E-state index contributed by atoms with van der Waals surface area (Å²) in [5.41, 5.74) is 0. The van der Waals surface area contributed by atoms with Crippen molar-refractivity contribution in [2.75, 3.05) is 32.8 Å². The molecule has 17 heavy (non-hydrogen) atoms. The molecule has 2 aliphatic heterocycles. The second-order valence-electron chi connectivity index (χ2n) is 5.16. The third-order valence-electron chi connectivity index (χ3n) is 3.66. The molecule has 0 radical (unpaired) electrons. The average Bonchev–Trinajstić information content (AvgIpc) is 2.80. The zero-order valence-corrected chi connectivity index (χ0v) is 11.2. The first-order valence-electron chi connectivity index (χ1n) is 6.40. The maximum absolute atomic E-state index is 12.0. The quantitative estimate of drug-likeness (QED) is 0.806. The molecule has 0 aromatic rings. The molecule has 2 rings (SSSR count). The van der Waals surface area contributed by atoms with Crippen molar-refractivity contribution in [2.24, 2.45) is 11.8 Å². The lowest BCUT2D eigenvalue weighted by Crippen LogP contribution is -2.45. The fourth-order valence-corrected chi connectivity index (χ4v) is 3.60. The zero-order chi connectivity index (χ0) is 12.3. The van der Waals surface area contributed by atoms with Crippen molar-refractivity contribution >= 4 is 10.2 Å². The number of piperidine rings is 1. The largest absolute Gasteiger partial charge is 0.381 e. The lowest BCUT2D eigenvalue weighted by molar-refractivity contribution is 0.186. The van der Waals surface area contributed by atoms with E-state index in [0.717, 1.165) is 25.9 Å². The van der Waals surface area contributed by atoms with Crippen LogP contribution in [0, 0.1) is 11.8 Å². The normalized spacial score (nSPS) is 28.6. The van der Waals surface area contributed by atoms with Gasteiger partial charge in [0.2, 0.25) is 0 Å². The number of nitrogens with zero attached hydrogens (tertiary/aromatic N) is 1. The molecule has 0 unspecified atom stereocenters. The molecule has 100 valence electrons. The Morgan fingerprint density at radius 3 is 2.59 bits per heavy atom. The standard InChI is InChI=1S/C11H22N2O3S/c1-10-2-5-13(6-3-10)17(14,15)12-8-11-4-7-16-9-11/h10-12H,2-9H2,1H3/t11-/m1/s1. The van der Waals surface area contributed by atoms with Crippen LogP contribution in [-0.2, 0) is 14.9 Å². The Morgan fingerprint density at radius 2 is 2.00 bits per heavy atom. The van der Waals surface area contributed by atoms with Crippen molar-refractivity contribution in [1.82, 2.24) is 9.03 Å². The Morgan fingerprint density at radius 1 is 1.29 bits per heavy atom. The van der Waals surface area contributed by atoms with E-state index in [2.05, 4.69) is 11.6 Å². The summed E-state index contributed by atoms with van der Waals surface area (Å²) < 4.78 is 33.6. The molecule has 0 bridgehead atoms. The van der Waals surface area contributed by atoms with Crippen LogP contribution < -0.4 is 4.72 Å². The first-order valence-corrected chi connectivity index (χ1v) is 7.84. The zero-order valence-electron chi connectivity index (χ0n) is 10.4. The van der Waals surface area contributed by atoms with Crippen molar-refractivity contribution in [3.8, 4) is 0 Å². The highest BCUT2D eigenvalue weighted by Gasteiger charge is 2.27. The molecular formula is C11H22N2O3S.